The van der Waals surface area contributed by atoms with Crippen molar-refractivity contribution in [2.45, 2.75) is 19.9 Å². The van der Waals surface area contributed by atoms with Gasteiger partial charge in [-0.2, -0.15) is 5.10 Å². The summed E-state index contributed by atoms with van der Waals surface area (Å²) in [5, 5.41) is 13.7. The van der Waals surface area contributed by atoms with Gasteiger partial charge in [0.15, 0.2) is 0 Å². The normalized spacial score (nSPS) is 10.7. The van der Waals surface area contributed by atoms with E-state index in [0.717, 1.165) is 5.69 Å². The molecule has 0 radical (unpaired) electrons. The van der Waals surface area contributed by atoms with Gasteiger partial charge in [-0.15, -0.1) is 0 Å². The highest BCUT2D eigenvalue weighted by Gasteiger charge is 2.22. The van der Waals surface area contributed by atoms with Gasteiger partial charge in [0.05, 0.1) is 17.4 Å². The third-order valence-electron chi connectivity index (χ3n) is 3.11. The molecule has 1 aromatic heterocycles. The van der Waals surface area contributed by atoms with Crippen LogP contribution < -0.4 is 0 Å². The predicted octanol–water partition coefficient (Wildman–Crippen LogP) is 2.46. The summed E-state index contributed by atoms with van der Waals surface area (Å²) in [4.78, 5) is 24.6. The number of hydrogen-bond acceptors (Lipinski definition) is 3. The lowest BCUT2D eigenvalue weighted by atomic mass is 10.2. The van der Waals surface area contributed by atoms with Crippen molar-refractivity contribution in [2.24, 2.45) is 0 Å². The van der Waals surface area contributed by atoms with Crippen LogP contribution in [0.15, 0.2) is 36.7 Å². The van der Waals surface area contributed by atoms with E-state index in [1.54, 1.807) is 49.0 Å². The zero-order chi connectivity index (χ0) is 16.3. The number of aliphatic carboxylic acids is 1. The van der Waals surface area contributed by atoms with Gasteiger partial charge in [-0.3, -0.25) is 9.59 Å². The van der Waals surface area contributed by atoms with Gasteiger partial charge < -0.3 is 10.0 Å². The summed E-state index contributed by atoms with van der Waals surface area (Å²) >= 11 is 5.83. The smallest absolute Gasteiger partial charge is 0.323 e. The third kappa shape index (κ3) is 3.65. The molecule has 7 heteroatoms. The van der Waals surface area contributed by atoms with Crippen molar-refractivity contribution in [2.75, 3.05) is 6.54 Å². The average molecular weight is 322 g/mol. The molecule has 0 aliphatic heterocycles. The van der Waals surface area contributed by atoms with Crippen LogP contribution >= 0.6 is 11.6 Å². The number of aromatic nitrogens is 2. The first-order valence-electron chi connectivity index (χ1n) is 6.72. The van der Waals surface area contributed by atoms with Crippen LogP contribution in [-0.2, 0) is 4.79 Å². The molecule has 1 aromatic carbocycles. The Hall–Kier alpha value is -2.34. The van der Waals surface area contributed by atoms with E-state index in [-0.39, 0.29) is 18.5 Å². The lowest BCUT2D eigenvalue weighted by Crippen LogP contribution is -2.40. The summed E-state index contributed by atoms with van der Waals surface area (Å²) < 4.78 is 1.54. The second-order valence-corrected chi connectivity index (χ2v) is 5.51. The number of rotatable bonds is 5. The van der Waals surface area contributed by atoms with E-state index in [2.05, 4.69) is 5.10 Å². The second kappa shape index (κ2) is 6.62. The molecular formula is C15H16ClN3O3. The van der Waals surface area contributed by atoms with E-state index in [4.69, 9.17) is 16.7 Å². The number of carboxylic acids is 1. The van der Waals surface area contributed by atoms with Crippen molar-refractivity contribution in [1.29, 1.82) is 0 Å². The first kappa shape index (κ1) is 16.0. The van der Waals surface area contributed by atoms with Gasteiger partial charge in [0.25, 0.3) is 5.91 Å². The molecule has 0 unspecified atom stereocenters. The zero-order valence-corrected chi connectivity index (χ0v) is 13.0. The Bertz CT molecular complexity index is 680. The van der Waals surface area contributed by atoms with Crippen LogP contribution in [0.5, 0.6) is 0 Å². The Kier molecular flexibility index (Phi) is 4.82. The number of carboxylic acid groups (broad SMARTS) is 1. The van der Waals surface area contributed by atoms with E-state index in [1.165, 1.54) is 11.1 Å². The maximum Gasteiger partial charge on any atom is 0.323 e. The number of nitrogens with zero attached hydrogens (tertiary/aromatic N) is 3. The SMILES string of the molecule is CC(C)N(CC(=O)O)C(=O)c1cnn(-c2ccc(Cl)cc2)c1. The van der Waals surface area contributed by atoms with Crippen LogP contribution in [0, 0.1) is 0 Å². The number of hydrogen-bond donors (Lipinski definition) is 1. The first-order valence-corrected chi connectivity index (χ1v) is 7.09. The minimum atomic E-state index is -1.05. The fourth-order valence-electron chi connectivity index (χ4n) is 1.97. The Morgan fingerprint density at radius 2 is 1.95 bits per heavy atom. The van der Waals surface area contributed by atoms with Crippen molar-refractivity contribution in [1.82, 2.24) is 14.7 Å². The van der Waals surface area contributed by atoms with Crippen molar-refractivity contribution in [3.8, 4) is 5.69 Å². The molecule has 0 saturated carbocycles. The summed E-state index contributed by atoms with van der Waals surface area (Å²) in [6.07, 6.45) is 3.00. The maximum atomic E-state index is 12.4. The maximum absolute atomic E-state index is 12.4. The minimum absolute atomic E-state index is 0.220. The topological polar surface area (TPSA) is 75.4 Å². The van der Waals surface area contributed by atoms with Crippen LogP contribution in [0.4, 0.5) is 0 Å². The lowest BCUT2D eigenvalue weighted by Gasteiger charge is -2.24. The van der Waals surface area contributed by atoms with E-state index >= 15 is 0 Å². The Balaban J connectivity index is 2.24. The van der Waals surface area contributed by atoms with Gasteiger partial charge in [-0.1, -0.05) is 11.6 Å². The minimum Gasteiger partial charge on any atom is -0.480 e. The highest BCUT2D eigenvalue weighted by atomic mass is 35.5. The molecule has 22 heavy (non-hydrogen) atoms. The van der Waals surface area contributed by atoms with E-state index < -0.39 is 5.97 Å². The number of halogens is 1. The van der Waals surface area contributed by atoms with Crippen LogP contribution in [0.3, 0.4) is 0 Å². The molecule has 0 fully saturated rings. The fourth-order valence-corrected chi connectivity index (χ4v) is 2.09. The van der Waals surface area contributed by atoms with Crippen LogP contribution in [-0.4, -0.2) is 44.3 Å². The van der Waals surface area contributed by atoms with Crippen LogP contribution in [0.2, 0.25) is 5.02 Å². The standard InChI is InChI=1S/C15H16ClN3O3/c1-10(2)18(9-14(20)21)15(22)11-7-17-19(8-11)13-5-3-12(16)4-6-13/h3-8,10H,9H2,1-2H3,(H,20,21). The molecule has 116 valence electrons. The molecule has 0 bridgehead atoms. The third-order valence-corrected chi connectivity index (χ3v) is 3.36. The summed E-state index contributed by atoms with van der Waals surface area (Å²) in [5.41, 5.74) is 1.10. The van der Waals surface area contributed by atoms with E-state index in [0.29, 0.717) is 10.6 Å². The molecule has 1 N–H and O–H groups in total. The predicted molar refractivity (Wildman–Crippen MR) is 82.4 cm³/mol. The summed E-state index contributed by atoms with van der Waals surface area (Å²) in [5.74, 6) is -1.41. The molecule has 6 nitrogen and oxygen atoms in total. The molecule has 0 saturated heterocycles. The average Bonchev–Trinajstić information content (AvgIpc) is 2.94. The number of carbonyl (C=O) groups is 2. The molecular weight excluding hydrogens is 306 g/mol. The van der Waals surface area contributed by atoms with Crippen LogP contribution in [0.25, 0.3) is 5.69 Å². The van der Waals surface area contributed by atoms with Gasteiger partial charge >= 0.3 is 5.97 Å². The highest BCUT2D eigenvalue weighted by molar-refractivity contribution is 6.30. The van der Waals surface area contributed by atoms with Gasteiger partial charge in [-0.05, 0) is 38.1 Å². The van der Waals surface area contributed by atoms with Crippen molar-refractivity contribution in [3.05, 3.63) is 47.2 Å². The lowest BCUT2D eigenvalue weighted by molar-refractivity contribution is -0.138. The van der Waals surface area contributed by atoms with Crippen molar-refractivity contribution in [3.63, 3.8) is 0 Å². The molecule has 0 atom stereocenters. The van der Waals surface area contributed by atoms with Crippen molar-refractivity contribution >= 4 is 23.5 Å². The Labute approximate surface area is 132 Å². The van der Waals surface area contributed by atoms with Crippen LogP contribution in [0.1, 0.15) is 24.2 Å². The fraction of sp³-hybridized carbons (Fsp3) is 0.267. The Morgan fingerprint density at radius 1 is 1.32 bits per heavy atom. The number of benzene rings is 1. The molecule has 2 rings (SSSR count). The number of amides is 1. The summed E-state index contributed by atoms with van der Waals surface area (Å²) in [6.45, 7) is 3.19. The zero-order valence-electron chi connectivity index (χ0n) is 12.2. The van der Waals surface area contributed by atoms with Gasteiger partial charge in [0.1, 0.15) is 6.54 Å². The monoisotopic (exact) mass is 321 g/mol. The van der Waals surface area contributed by atoms with E-state index in [9.17, 15) is 9.59 Å². The highest BCUT2D eigenvalue weighted by Crippen LogP contribution is 2.14. The second-order valence-electron chi connectivity index (χ2n) is 5.07. The Morgan fingerprint density at radius 3 is 2.50 bits per heavy atom. The molecule has 0 aliphatic rings. The largest absolute Gasteiger partial charge is 0.480 e. The summed E-state index contributed by atoms with van der Waals surface area (Å²) in [7, 11) is 0. The van der Waals surface area contributed by atoms with Gasteiger partial charge in [0, 0.05) is 17.3 Å². The first-order chi connectivity index (χ1) is 10.4. The molecule has 1 amide bonds. The molecule has 0 aliphatic carbocycles. The van der Waals surface area contributed by atoms with Gasteiger partial charge in [0.2, 0.25) is 0 Å². The molecule has 0 spiro atoms. The molecule has 2 aromatic rings. The summed E-state index contributed by atoms with van der Waals surface area (Å²) in [6, 6.07) is 6.79. The van der Waals surface area contributed by atoms with E-state index in [1.807, 2.05) is 0 Å². The quantitative estimate of drug-likeness (QED) is 0.918. The van der Waals surface area contributed by atoms with Gasteiger partial charge in [-0.25, -0.2) is 4.68 Å². The van der Waals surface area contributed by atoms with Crippen molar-refractivity contribution < 1.29 is 14.7 Å². The number of carbonyl (C=O) groups excluding carboxylic acids is 1. The molecule has 1 heterocycles.